The summed E-state index contributed by atoms with van der Waals surface area (Å²) in [6, 6.07) is 0. The lowest BCUT2D eigenvalue weighted by molar-refractivity contribution is -0.144. The molecule has 0 fully saturated rings. The molecule has 0 bridgehead atoms. The van der Waals surface area contributed by atoms with Crippen molar-refractivity contribution < 1.29 is 19.0 Å². The molecule has 0 aliphatic rings. The number of hydrogen-bond acceptors (Lipinski definition) is 7. The van der Waals surface area contributed by atoms with Crippen molar-refractivity contribution >= 4 is 27.5 Å². The number of ether oxygens (including phenoxy) is 3. The maximum absolute atomic E-state index is 12.7. The molecule has 0 spiro atoms. The Kier molecular flexibility index (Phi) is 6.26. The van der Waals surface area contributed by atoms with E-state index >= 15 is 0 Å². The van der Waals surface area contributed by atoms with Crippen molar-refractivity contribution in [3.8, 4) is 0 Å². The molecule has 0 atom stereocenters. The summed E-state index contributed by atoms with van der Waals surface area (Å²) in [4.78, 5) is 29.4. The fourth-order valence-corrected chi connectivity index (χ4v) is 3.01. The van der Waals surface area contributed by atoms with Crippen molar-refractivity contribution in [2.24, 2.45) is 0 Å². The Labute approximate surface area is 137 Å². The van der Waals surface area contributed by atoms with Gasteiger partial charge in [0, 0.05) is 18.6 Å². The van der Waals surface area contributed by atoms with E-state index in [-0.39, 0.29) is 29.7 Å². The molecule has 23 heavy (non-hydrogen) atoms. The molecule has 0 saturated carbocycles. The highest BCUT2D eigenvalue weighted by Crippen LogP contribution is 2.21. The summed E-state index contributed by atoms with van der Waals surface area (Å²) >= 11 is 1.24. The summed E-state index contributed by atoms with van der Waals surface area (Å²) in [5.41, 5.74) is -0.0493. The minimum absolute atomic E-state index is 0.210. The zero-order valence-corrected chi connectivity index (χ0v) is 14.2. The first-order valence-electron chi connectivity index (χ1n) is 7.49. The second-order valence-corrected chi connectivity index (χ2v) is 5.45. The van der Waals surface area contributed by atoms with Gasteiger partial charge in [-0.2, -0.15) is 0 Å². The lowest BCUT2D eigenvalue weighted by atomic mass is 10.2. The molecule has 2 rings (SSSR count). The molecule has 2 aromatic rings. The quantitative estimate of drug-likeness (QED) is 0.540. The first kappa shape index (κ1) is 17.6. The Morgan fingerprint density at radius 1 is 1.26 bits per heavy atom. The molecular weight excluding hydrogens is 320 g/mol. The summed E-state index contributed by atoms with van der Waals surface area (Å²) in [5, 5.41) is 1.88. The number of thiophene rings is 1. The molecule has 0 radical (unpaired) electrons. The highest BCUT2D eigenvalue weighted by atomic mass is 32.1. The van der Waals surface area contributed by atoms with Crippen LogP contribution in [0.1, 0.15) is 31.1 Å². The van der Waals surface area contributed by atoms with Crippen LogP contribution in [0.4, 0.5) is 0 Å². The van der Waals surface area contributed by atoms with Gasteiger partial charge in [-0.05, 0) is 20.8 Å². The van der Waals surface area contributed by atoms with Crippen molar-refractivity contribution in [1.29, 1.82) is 0 Å². The van der Waals surface area contributed by atoms with Crippen LogP contribution >= 0.6 is 11.3 Å². The van der Waals surface area contributed by atoms with E-state index in [2.05, 4.69) is 4.98 Å². The molecular formula is C15H20N2O5S. The van der Waals surface area contributed by atoms with E-state index in [1.807, 2.05) is 13.8 Å². The van der Waals surface area contributed by atoms with Crippen LogP contribution in [0.15, 0.2) is 16.5 Å². The molecule has 0 amide bonds. The molecule has 0 unspecified atom stereocenters. The predicted octanol–water partition coefficient (Wildman–Crippen LogP) is 2.03. The summed E-state index contributed by atoms with van der Waals surface area (Å²) < 4.78 is 17.3. The minimum Gasteiger partial charge on any atom is -0.462 e. The zero-order valence-electron chi connectivity index (χ0n) is 13.4. The number of rotatable bonds is 8. The third-order valence-electron chi connectivity index (χ3n) is 3.11. The van der Waals surface area contributed by atoms with Crippen molar-refractivity contribution in [2.75, 3.05) is 19.8 Å². The molecule has 0 aromatic carbocycles. The van der Waals surface area contributed by atoms with Crippen LogP contribution < -0.4 is 5.56 Å². The monoisotopic (exact) mass is 340 g/mol. The number of hydrogen-bond donors (Lipinski definition) is 0. The highest BCUT2D eigenvalue weighted by molar-refractivity contribution is 7.17. The number of esters is 1. The molecule has 0 aliphatic heterocycles. The smallest absolute Gasteiger partial charge is 0.339 e. The van der Waals surface area contributed by atoms with Gasteiger partial charge in [-0.15, -0.1) is 11.3 Å². The van der Waals surface area contributed by atoms with E-state index in [0.717, 1.165) is 0 Å². The van der Waals surface area contributed by atoms with Gasteiger partial charge in [0.15, 0.2) is 6.29 Å². The van der Waals surface area contributed by atoms with Crippen molar-refractivity contribution in [2.45, 2.75) is 33.6 Å². The molecule has 0 N–H and O–H groups in total. The summed E-state index contributed by atoms with van der Waals surface area (Å²) in [5.74, 6) is -0.512. The minimum atomic E-state index is -0.536. The molecule has 2 aromatic heterocycles. The van der Waals surface area contributed by atoms with Crippen LogP contribution in [0, 0.1) is 0 Å². The van der Waals surface area contributed by atoms with E-state index in [0.29, 0.717) is 18.0 Å². The van der Waals surface area contributed by atoms with Gasteiger partial charge in [-0.3, -0.25) is 9.36 Å². The second-order valence-electron chi connectivity index (χ2n) is 4.59. The van der Waals surface area contributed by atoms with Gasteiger partial charge in [0.25, 0.3) is 5.56 Å². The average molecular weight is 340 g/mol. The largest absolute Gasteiger partial charge is 0.462 e. The topological polar surface area (TPSA) is 79.7 Å². The number of carbonyl (C=O) groups excluding carboxylic acids is 1. The predicted molar refractivity (Wildman–Crippen MR) is 86.9 cm³/mol. The van der Waals surface area contributed by atoms with Crippen molar-refractivity contribution in [1.82, 2.24) is 9.55 Å². The van der Waals surface area contributed by atoms with Gasteiger partial charge < -0.3 is 14.2 Å². The fourth-order valence-electron chi connectivity index (χ4n) is 2.14. The van der Waals surface area contributed by atoms with Crippen LogP contribution in [0.2, 0.25) is 0 Å². The molecule has 2 heterocycles. The van der Waals surface area contributed by atoms with Crippen molar-refractivity contribution in [3.05, 3.63) is 27.6 Å². The van der Waals surface area contributed by atoms with Gasteiger partial charge in [0.05, 0.1) is 30.4 Å². The van der Waals surface area contributed by atoms with Crippen LogP contribution in [0.25, 0.3) is 10.2 Å². The van der Waals surface area contributed by atoms with Crippen molar-refractivity contribution in [3.63, 3.8) is 0 Å². The standard InChI is InChI=1S/C15H20N2O5S/c1-4-20-11(21-5-2)7-17-9-16-13-12(14(17)18)10(8-23-13)15(19)22-6-3/h8-9,11H,4-7H2,1-3H3. The highest BCUT2D eigenvalue weighted by Gasteiger charge is 2.19. The fraction of sp³-hybridized carbons (Fsp3) is 0.533. The van der Waals surface area contributed by atoms with E-state index in [4.69, 9.17) is 14.2 Å². The van der Waals surface area contributed by atoms with Crippen LogP contribution in [-0.4, -0.2) is 41.6 Å². The molecule has 8 heteroatoms. The summed E-state index contributed by atoms with van der Waals surface area (Å²) in [7, 11) is 0. The third-order valence-corrected chi connectivity index (χ3v) is 3.99. The van der Waals surface area contributed by atoms with Gasteiger partial charge >= 0.3 is 5.97 Å². The molecule has 126 valence electrons. The Bertz CT molecular complexity index is 718. The summed E-state index contributed by atoms with van der Waals surface area (Å²) in [6.07, 6.45) is 0.910. The van der Waals surface area contributed by atoms with Gasteiger partial charge in [0.2, 0.25) is 0 Å². The molecule has 0 saturated heterocycles. The molecule has 7 nitrogen and oxygen atoms in total. The van der Waals surface area contributed by atoms with Crippen LogP contribution in [-0.2, 0) is 20.8 Å². The van der Waals surface area contributed by atoms with E-state index in [1.54, 1.807) is 12.3 Å². The maximum Gasteiger partial charge on any atom is 0.339 e. The van der Waals surface area contributed by atoms with Gasteiger partial charge in [-0.25, -0.2) is 9.78 Å². The second kappa shape index (κ2) is 8.19. The van der Waals surface area contributed by atoms with Gasteiger partial charge in [0.1, 0.15) is 4.83 Å². The van der Waals surface area contributed by atoms with E-state index in [1.165, 1.54) is 22.2 Å². The number of carbonyl (C=O) groups is 1. The number of aromatic nitrogens is 2. The Hall–Kier alpha value is -1.77. The van der Waals surface area contributed by atoms with E-state index in [9.17, 15) is 9.59 Å². The van der Waals surface area contributed by atoms with Gasteiger partial charge in [-0.1, -0.05) is 0 Å². The average Bonchev–Trinajstić information content (AvgIpc) is 2.95. The summed E-state index contributed by atoms with van der Waals surface area (Å²) in [6.45, 7) is 6.84. The lowest BCUT2D eigenvalue weighted by Gasteiger charge is -2.17. The molecule has 0 aliphatic carbocycles. The third kappa shape index (κ3) is 3.95. The number of nitrogens with zero attached hydrogens (tertiary/aromatic N) is 2. The Morgan fingerprint density at radius 2 is 1.96 bits per heavy atom. The SMILES string of the molecule is CCOC(=O)c1csc2ncn(CC(OCC)OCC)c(=O)c12. The normalized spacial score (nSPS) is 11.3. The van der Waals surface area contributed by atoms with Crippen LogP contribution in [0.3, 0.4) is 0 Å². The van der Waals surface area contributed by atoms with Crippen LogP contribution in [0.5, 0.6) is 0 Å². The Balaban J connectivity index is 2.39. The first-order chi connectivity index (χ1) is 11.1. The number of fused-ring (bicyclic) bond motifs is 1. The first-order valence-corrected chi connectivity index (χ1v) is 8.37. The lowest BCUT2D eigenvalue weighted by Crippen LogP contribution is -2.30. The zero-order chi connectivity index (χ0) is 16.8. The Morgan fingerprint density at radius 3 is 2.57 bits per heavy atom. The van der Waals surface area contributed by atoms with E-state index < -0.39 is 12.3 Å². The maximum atomic E-state index is 12.7.